The molecule has 1 aliphatic heterocycles. The van der Waals surface area contributed by atoms with Gasteiger partial charge >= 0.3 is 0 Å². The Kier molecular flexibility index (Phi) is 8.60. The van der Waals surface area contributed by atoms with E-state index in [-0.39, 0.29) is 22.4 Å². The molecule has 2 aromatic rings. The van der Waals surface area contributed by atoms with Gasteiger partial charge in [0.2, 0.25) is 0 Å². The monoisotopic (exact) mass is 591 g/mol. The van der Waals surface area contributed by atoms with Gasteiger partial charge in [-0.25, -0.2) is 0 Å². The van der Waals surface area contributed by atoms with Crippen molar-refractivity contribution in [2.75, 3.05) is 26.9 Å². The molecule has 5 rings (SSSR count). The fraction of sp³-hybridized carbons (Fsp3) is 0.486. The van der Waals surface area contributed by atoms with E-state index in [0.29, 0.717) is 66.9 Å². The van der Waals surface area contributed by atoms with Crippen LogP contribution in [0.2, 0.25) is 5.02 Å². The predicted molar refractivity (Wildman–Crippen MR) is 165 cm³/mol. The van der Waals surface area contributed by atoms with E-state index in [9.17, 15) is 9.59 Å². The summed E-state index contributed by atoms with van der Waals surface area (Å²) in [5, 5.41) is 0.394. The summed E-state index contributed by atoms with van der Waals surface area (Å²) in [5.74, 6) is 0.613. The van der Waals surface area contributed by atoms with E-state index >= 15 is 0 Å². The number of carbonyl (C=O) groups is 2. The predicted octanol–water partition coefficient (Wildman–Crippen LogP) is 7.65. The summed E-state index contributed by atoms with van der Waals surface area (Å²) < 4.78 is 17.7. The van der Waals surface area contributed by atoms with Gasteiger partial charge in [-0.3, -0.25) is 9.59 Å². The SMILES string of the molecule is CCOc1cc(C2C3=C(CC(C)(C)CC3=O)N(CCOC)C3=C2C(=O)CC(C)(C)C3)cc(Cl)c1OCc1ccccc1. The van der Waals surface area contributed by atoms with E-state index in [0.717, 1.165) is 35.4 Å². The lowest BCUT2D eigenvalue weighted by Crippen LogP contribution is -2.45. The molecule has 0 N–H and O–H groups in total. The summed E-state index contributed by atoms with van der Waals surface area (Å²) in [4.78, 5) is 30.3. The van der Waals surface area contributed by atoms with Gasteiger partial charge in [-0.15, -0.1) is 0 Å². The van der Waals surface area contributed by atoms with Crippen molar-refractivity contribution in [3.63, 3.8) is 0 Å². The molecule has 0 saturated heterocycles. The van der Waals surface area contributed by atoms with E-state index in [1.807, 2.05) is 49.4 Å². The molecule has 2 aromatic carbocycles. The maximum atomic E-state index is 14.0. The third-order valence-electron chi connectivity index (χ3n) is 8.43. The first-order valence-electron chi connectivity index (χ1n) is 14.9. The van der Waals surface area contributed by atoms with Crippen molar-refractivity contribution in [2.24, 2.45) is 10.8 Å². The zero-order chi connectivity index (χ0) is 30.2. The van der Waals surface area contributed by atoms with Crippen LogP contribution in [0.15, 0.2) is 65.0 Å². The Balaban J connectivity index is 1.68. The third kappa shape index (κ3) is 6.02. The highest BCUT2D eigenvalue weighted by Gasteiger charge is 2.49. The Bertz CT molecular complexity index is 1380. The van der Waals surface area contributed by atoms with Crippen LogP contribution < -0.4 is 9.47 Å². The number of nitrogens with zero attached hydrogens (tertiary/aromatic N) is 1. The molecule has 224 valence electrons. The van der Waals surface area contributed by atoms with Gasteiger partial charge in [-0.1, -0.05) is 69.6 Å². The van der Waals surface area contributed by atoms with Crippen LogP contribution in [0.25, 0.3) is 0 Å². The van der Waals surface area contributed by atoms with Crippen LogP contribution in [-0.4, -0.2) is 43.3 Å². The minimum absolute atomic E-state index is 0.0799. The van der Waals surface area contributed by atoms with Crippen molar-refractivity contribution < 1.29 is 23.8 Å². The van der Waals surface area contributed by atoms with Crippen LogP contribution >= 0.6 is 11.6 Å². The zero-order valence-electron chi connectivity index (χ0n) is 25.6. The number of hydrogen-bond donors (Lipinski definition) is 0. The lowest BCUT2D eigenvalue weighted by Gasteiger charge is -2.49. The molecule has 0 saturated carbocycles. The van der Waals surface area contributed by atoms with Gasteiger partial charge in [0.1, 0.15) is 6.61 Å². The van der Waals surface area contributed by atoms with Crippen molar-refractivity contribution in [3.05, 3.63) is 81.2 Å². The van der Waals surface area contributed by atoms with E-state index in [1.54, 1.807) is 7.11 Å². The maximum absolute atomic E-state index is 14.0. The van der Waals surface area contributed by atoms with Gasteiger partial charge < -0.3 is 19.1 Å². The van der Waals surface area contributed by atoms with Crippen molar-refractivity contribution in [1.29, 1.82) is 0 Å². The molecule has 0 bridgehead atoms. The van der Waals surface area contributed by atoms with Gasteiger partial charge in [-0.2, -0.15) is 0 Å². The summed E-state index contributed by atoms with van der Waals surface area (Å²) in [7, 11) is 1.68. The molecule has 6 nitrogen and oxygen atoms in total. The second-order valence-electron chi connectivity index (χ2n) is 13.2. The number of ether oxygens (including phenoxy) is 3. The lowest BCUT2D eigenvalue weighted by molar-refractivity contribution is -0.119. The Labute approximate surface area is 254 Å². The normalized spacial score (nSPS) is 20.0. The van der Waals surface area contributed by atoms with E-state index in [2.05, 4.69) is 32.6 Å². The fourth-order valence-electron chi connectivity index (χ4n) is 6.72. The van der Waals surface area contributed by atoms with E-state index < -0.39 is 5.92 Å². The number of allylic oxidation sites excluding steroid dienone is 4. The van der Waals surface area contributed by atoms with Gasteiger partial charge in [0.05, 0.1) is 18.2 Å². The molecule has 0 radical (unpaired) electrons. The Morgan fingerprint density at radius 3 is 2.02 bits per heavy atom. The quantitative estimate of drug-likeness (QED) is 0.298. The molecule has 0 amide bonds. The summed E-state index contributed by atoms with van der Waals surface area (Å²) in [5.41, 5.74) is 4.81. The van der Waals surface area contributed by atoms with Crippen molar-refractivity contribution >= 4 is 23.2 Å². The maximum Gasteiger partial charge on any atom is 0.180 e. The average Bonchev–Trinajstić information content (AvgIpc) is 2.90. The number of Topliss-reactive ketones (excluding diaryl/α,β-unsaturated/α-hetero) is 2. The van der Waals surface area contributed by atoms with E-state index in [4.69, 9.17) is 25.8 Å². The molecule has 0 aromatic heterocycles. The highest BCUT2D eigenvalue weighted by Crippen LogP contribution is 2.55. The van der Waals surface area contributed by atoms with Crippen LogP contribution in [-0.2, 0) is 20.9 Å². The molecule has 0 fully saturated rings. The number of rotatable bonds is 9. The Hall–Kier alpha value is -3.09. The molecule has 7 heteroatoms. The number of hydrogen-bond acceptors (Lipinski definition) is 6. The minimum atomic E-state index is -0.513. The van der Waals surface area contributed by atoms with E-state index in [1.165, 1.54) is 0 Å². The highest BCUT2D eigenvalue weighted by molar-refractivity contribution is 6.32. The second-order valence-corrected chi connectivity index (χ2v) is 13.6. The topological polar surface area (TPSA) is 65.1 Å². The first-order valence-corrected chi connectivity index (χ1v) is 15.2. The molecular weight excluding hydrogens is 550 g/mol. The smallest absolute Gasteiger partial charge is 0.180 e. The summed E-state index contributed by atoms with van der Waals surface area (Å²) in [6.07, 6.45) is 2.33. The molecule has 1 heterocycles. The van der Waals surface area contributed by atoms with Crippen LogP contribution in [0, 0.1) is 10.8 Å². The molecule has 0 spiro atoms. The molecule has 2 aliphatic carbocycles. The number of ketones is 2. The molecule has 0 atom stereocenters. The second kappa shape index (κ2) is 11.9. The lowest BCUT2D eigenvalue weighted by atomic mass is 9.63. The summed E-state index contributed by atoms with van der Waals surface area (Å²) in [6.45, 7) is 12.3. The largest absolute Gasteiger partial charge is 0.490 e. The van der Waals surface area contributed by atoms with Crippen LogP contribution in [0.3, 0.4) is 0 Å². The first kappa shape index (κ1) is 30.4. The fourth-order valence-corrected chi connectivity index (χ4v) is 6.99. The number of methoxy groups -OCH3 is 1. The average molecular weight is 592 g/mol. The summed E-state index contributed by atoms with van der Waals surface area (Å²) >= 11 is 6.93. The molecule has 3 aliphatic rings. The van der Waals surface area contributed by atoms with Crippen molar-refractivity contribution in [1.82, 2.24) is 4.90 Å². The minimum Gasteiger partial charge on any atom is -0.490 e. The van der Waals surface area contributed by atoms with Crippen molar-refractivity contribution in [3.8, 4) is 11.5 Å². The number of halogens is 1. The summed E-state index contributed by atoms with van der Waals surface area (Å²) in [6, 6.07) is 13.7. The third-order valence-corrected chi connectivity index (χ3v) is 8.71. The Morgan fingerprint density at radius 2 is 1.48 bits per heavy atom. The van der Waals surface area contributed by atoms with Gasteiger partial charge in [0, 0.05) is 55.0 Å². The van der Waals surface area contributed by atoms with Gasteiger partial charge in [0.15, 0.2) is 23.1 Å². The molecule has 42 heavy (non-hydrogen) atoms. The molecule has 0 unspecified atom stereocenters. The van der Waals surface area contributed by atoms with Crippen LogP contribution in [0.5, 0.6) is 11.5 Å². The van der Waals surface area contributed by atoms with Crippen LogP contribution in [0.1, 0.15) is 77.3 Å². The standard InChI is InChI=1S/C35H42ClNO5/c1-7-41-29-16-23(15-24(36)33(29)42-21-22-11-9-8-10-12-22)30-31-25(17-34(2,3)19-27(31)38)37(13-14-40-6)26-18-35(4,5)20-28(39)32(26)30/h8-12,15-16,30H,7,13-14,17-21H2,1-6H3. The van der Waals surface area contributed by atoms with Gasteiger partial charge in [0.25, 0.3) is 0 Å². The van der Waals surface area contributed by atoms with Crippen molar-refractivity contribution in [2.45, 2.75) is 72.8 Å². The first-order chi connectivity index (χ1) is 19.9. The Morgan fingerprint density at radius 1 is 0.881 bits per heavy atom. The zero-order valence-corrected chi connectivity index (χ0v) is 26.4. The molecular formula is C35H42ClNO5. The van der Waals surface area contributed by atoms with Gasteiger partial charge in [-0.05, 0) is 53.9 Å². The van der Waals surface area contributed by atoms with Crippen LogP contribution in [0.4, 0.5) is 0 Å². The highest BCUT2D eigenvalue weighted by atomic mass is 35.5. The number of benzene rings is 2. The number of carbonyl (C=O) groups excluding carboxylic acids is 2.